The SMILES string of the molecule is CCOC(=O)c1ccccc1COOC(C)(C)C. The molecule has 0 heterocycles. The predicted molar refractivity (Wildman–Crippen MR) is 68.0 cm³/mol. The van der Waals surface area contributed by atoms with E-state index in [1.165, 1.54) is 0 Å². The second-order valence-corrected chi connectivity index (χ2v) is 4.84. The monoisotopic (exact) mass is 252 g/mol. The van der Waals surface area contributed by atoms with E-state index >= 15 is 0 Å². The van der Waals surface area contributed by atoms with Gasteiger partial charge < -0.3 is 4.74 Å². The predicted octanol–water partition coefficient (Wildman–Crippen LogP) is 3.11. The second kappa shape index (κ2) is 6.52. The summed E-state index contributed by atoms with van der Waals surface area (Å²) < 4.78 is 4.98. The molecule has 100 valence electrons. The number of hydrogen-bond donors (Lipinski definition) is 0. The first kappa shape index (κ1) is 14.7. The highest BCUT2D eigenvalue weighted by molar-refractivity contribution is 5.91. The lowest BCUT2D eigenvalue weighted by Gasteiger charge is -2.18. The van der Waals surface area contributed by atoms with E-state index < -0.39 is 0 Å². The fraction of sp³-hybridized carbons (Fsp3) is 0.500. The smallest absolute Gasteiger partial charge is 0.338 e. The first-order valence-electron chi connectivity index (χ1n) is 5.99. The maximum atomic E-state index is 11.7. The largest absolute Gasteiger partial charge is 0.462 e. The number of carbonyl (C=O) groups is 1. The fourth-order valence-corrected chi connectivity index (χ4v) is 1.32. The van der Waals surface area contributed by atoms with Crippen LogP contribution >= 0.6 is 0 Å². The van der Waals surface area contributed by atoms with Crippen molar-refractivity contribution >= 4 is 5.97 Å². The molecule has 0 radical (unpaired) electrons. The summed E-state index contributed by atoms with van der Waals surface area (Å²) in [6.07, 6.45) is 0. The van der Waals surface area contributed by atoms with Gasteiger partial charge in [0, 0.05) is 0 Å². The first-order chi connectivity index (χ1) is 8.44. The van der Waals surface area contributed by atoms with E-state index in [1.807, 2.05) is 32.9 Å². The highest BCUT2D eigenvalue weighted by Gasteiger charge is 2.15. The van der Waals surface area contributed by atoms with E-state index in [4.69, 9.17) is 14.5 Å². The molecule has 0 saturated carbocycles. The van der Waals surface area contributed by atoms with Crippen molar-refractivity contribution in [2.75, 3.05) is 6.61 Å². The quantitative estimate of drug-likeness (QED) is 0.459. The third-order valence-corrected chi connectivity index (χ3v) is 2.04. The topological polar surface area (TPSA) is 44.8 Å². The van der Waals surface area contributed by atoms with Crippen molar-refractivity contribution in [3.63, 3.8) is 0 Å². The zero-order valence-corrected chi connectivity index (χ0v) is 11.4. The molecule has 0 N–H and O–H groups in total. The van der Waals surface area contributed by atoms with E-state index in [0.717, 1.165) is 5.56 Å². The Morgan fingerprint density at radius 3 is 2.50 bits per heavy atom. The van der Waals surface area contributed by atoms with Gasteiger partial charge in [0.1, 0.15) is 6.61 Å². The number of rotatable bonds is 5. The van der Waals surface area contributed by atoms with Crippen LogP contribution in [0.1, 0.15) is 43.6 Å². The van der Waals surface area contributed by atoms with Gasteiger partial charge in [-0.2, -0.15) is 0 Å². The Kier molecular flexibility index (Phi) is 5.31. The molecule has 0 saturated heterocycles. The minimum atomic E-state index is -0.376. The van der Waals surface area contributed by atoms with Crippen molar-refractivity contribution in [1.82, 2.24) is 0 Å². The second-order valence-electron chi connectivity index (χ2n) is 4.84. The van der Waals surface area contributed by atoms with Gasteiger partial charge in [-0.1, -0.05) is 18.2 Å². The van der Waals surface area contributed by atoms with Gasteiger partial charge in [-0.15, -0.1) is 0 Å². The number of carbonyl (C=O) groups excluding carboxylic acids is 1. The van der Waals surface area contributed by atoms with Crippen LogP contribution in [0.25, 0.3) is 0 Å². The molecular formula is C14H20O4. The first-order valence-corrected chi connectivity index (χ1v) is 5.99. The van der Waals surface area contributed by atoms with E-state index in [-0.39, 0.29) is 18.2 Å². The lowest BCUT2D eigenvalue weighted by molar-refractivity contribution is -0.356. The van der Waals surface area contributed by atoms with Crippen molar-refractivity contribution < 1.29 is 19.3 Å². The molecule has 0 bridgehead atoms. The van der Waals surface area contributed by atoms with Crippen LogP contribution in [-0.2, 0) is 21.1 Å². The highest BCUT2D eigenvalue weighted by atomic mass is 17.2. The maximum Gasteiger partial charge on any atom is 0.338 e. The Hall–Kier alpha value is -1.39. The van der Waals surface area contributed by atoms with Crippen molar-refractivity contribution in [1.29, 1.82) is 0 Å². The molecule has 4 nitrogen and oxygen atoms in total. The summed E-state index contributed by atoms with van der Waals surface area (Å²) in [6, 6.07) is 7.17. The van der Waals surface area contributed by atoms with Crippen LogP contribution in [-0.4, -0.2) is 18.2 Å². The summed E-state index contributed by atoms with van der Waals surface area (Å²) >= 11 is 0. The third kappa shape index (κ3) is 4.85. The lowest BCUT2D eigenvalue weighted by Crippen LogP contribution is -2.19. The number of ether oxygens (including phenoxy) is 1. The van der Waals surface area contributed by atoms with Gasteiger partial charge in [0.15, 0.2) is 0 Å². The Bertz CT molecular complexity index is 393. The van der Waals surface area contributed by atoms with Crippen LogP contribution in [0.3, 0.4) is 0 Å². The van der Waals surface area contributed by atoms with Gasteiger partial charge >= 0.3 is 5.97 Å². The van der Waals surface area contributed by atoms with Crippen molar-refractivity contribution in [2.24, 2.45) is 0 Å². The molecule has 0 aliphatic heterocycles. The van der Waals surface area contributed by atoms with Gasteiger partial charge in [-0.3, -0.25) is 0 Å². The normalized spacial score (nSPS) is 11.3. The van der Waals surface area contributed by atoms with E-state index in [1.54, 1.807) is 19.1 Å². The zero-order valence-electron chi connectivity index (χ0n) is 11.4. The molecule has 0 unspecified atom stereocenters. The molecule has 1 rings (SSSR count). The fourth-order valence-electron chi connectivity index (χ4n) is 1.32. The molecule has 0 aliphatic carbocycles. The van der Waals surface area contributed by atoms with E-state index in [0.29, 0.717) is 12.2 Å². The van der Waals surface area contributed by atoms with Gasteiger partial charge in [-0.25, -0.2) is 14.6 Å². The molecule has 18 heavy (non-hydrogen) atoms. The summed E-state index contributed by atoms with van der Waals surface area (Å²) in [5, 5.41) is 0. The molecular weight excluding hydrogens is 232 g/mol. The molecule has 0 aromatic heterocycles. The minimum absolute atomic E-state index is 0.215. The van der Waals surface area contributed by atoms with Gasteiger partial charge in [0.05, 0.1) is 17.8 Å². The number of esters is 1. The molecule has 0 amide bonds. The standard InChI is InChI=1S/C14H20O4/c1-5-16-13(15)12-9-7-6-8-11(12)10-17-18-14(2,3)4/h6-9H,5,10H2,1-4H3. The van der Waals surface area contributed by atoms with Crippen LogP contribution in [0, 0.1) is 0 Å². The molecule has 1 aromatic rings. The van der Waals surface area contributed by atoms with Crippen LogP contribution in [0.4, 0.5) is 0 Å². The molecule has 0 atom stereocenters. The van der Waals surface area contributed by atoms with Crippen molar-refractivity contribution in [3.8, 4) is 0 Å². The minimum Gasteiger partial charge on any atom is -0.462 e. The average molecular weight is 252 g/mol. The van der Waals surface area contributed by atoms with Crippen LogP contribution in [0.2, 0.25) is 0 Å². The Labute approximate surface area is 108 Å². The molecule has 0 fully saturated rings. The summed E-state index contributed by atoms with van der Waals surface area (Å²) in [4.78, 5) is 22.0. The van der Waals surface area contributed by atoms with Crippen molar-refractivity contribution in [2.45, 2.75) is 39.9 Å². The molecule has 0 spiro atoms. The van der Waals surface area contributed by atoms with E-state index in [2.05, 4.69) is 0 Å². The van der Waals surface area contributed by atoms with Gasteiger partial charge in [0.2, 0.25) is 0 Å². The summed E-state index contributed by atoms with van der Waals surface area (Å²) in [6.45, 7) is 8.03. The Morgan fingerprint density at radius 1 is 1.22 bits per heavy atom. The van der Waals surface area contributed by atoms with Gasteiger partial charge in [-0.05, 0) is 39.3 Å². The van der Waals surface area contributed by atoms with Crippen LogP contribution in [0.5, 0.6) is 0 Å². The molecule has 0 aliphatic rings. The highest BCUT2D eigenvalue weighted by Crippen LogP contribution is 2.14. The average Bonchev–Trinajstić information content (AvgIpc) is 2.28. The van der Waals surface area contributed by atoms with Crippen molar-refractivity contribution in [3.05, 3.63) is 35.4 Å². The number of hydrogen-bond acceptors (Lipinski definition) is 4. The molecule has 1 aromatic carbocycles. The van der Waals surface area contributed by atoms with Crippen LogP contribution in [0.15, 0.2) is 24.3 Å². The number of benzene rings is 1. The van der Waals surface area contributed by atoms with E-state index in [9.17, 15) is 4.79 Å². The maximum absolute atomic E-state index is 11.7. The van der Waals surface area contributed by atoms with Gasteiger partial charge in [0.25, 0.3) is 0 Å². The van der Waals surface area contributed by atoms with Crippen LogP contribution < -0.4 is 0 Å². The molecule has 4 heteroatoms. The summed E-state index contributed by atoms with van der Waals surface area (Å²) in [7, 11) is 0. The lowest BCUT2D eigenvalue weighted by atomic mass is 10.1. The summed E-state index contributed by atoms with van der Waals surface area (Å²) in [5.74, 6) is -0.340. The summed E-state index contributed by atoms with van der Waals surface area (Å²) in [5.41, 5.74) is 0.885. The Balaban J connectivity index is 2.68. The third-order valence-electron chi connectivity index (χ3n) is 2.04. The Morgan fingerprint density at radius 2 is 1.89 bits per heavy atom. The zero-order chi connectivity index (χ0) is 13.6.